The van der Waals surface area contributed by atoms with Crippen LogP contribution in [0.25, 0.3) is 0 Å². The largest absolute Gasteiger partial charge is 0.310 e. The van der Waals surface area contributed by atoms with Gasteiger partial charge in [-0.05, 0) is 61.5 Å². The molecule has 1 aromatic carbocycles. The maximum Gasteiger partial charge on any atom is 0.128 e. The van der Waals surface area contributed by atoms with E-state index in [2.05, 4.69) is 21.2 Å². The molecule has 0 spiro atoms. The average molecular weight is 338 g/mol. The number of halogens is 2. The summed E-state index contributed by atoms with van der Waals surface area (Å²) in [5.74, 6) is 3.73. The molecule has 2 bridgehead atoms. The summed E-state index contributed by atoms with van der Waals surface area (Å²) < 4.78 is 14.7. The second-order valence-corrected chi connectivity index (χ2v) is 7.79. The third-order valence-electron chi connectivity index (χ3n) is 6.00. The van der Waals surface area contributed by atoms with Crippen LogP contribution in [0.5, 0.6) is 0 Å². The zero-order chi connectivity index (χ0) is 13.7. The number of nitrogens with one attached hydrogen (secondary N) is 1. The van der Waals surface area contributed by atoms with Gasteiger partial charge in [0.2, 0.25) is 0 Å². The molecule has 4 rings (SSSR count). The second-order valence-electron chi connectivity index (χ2n) is 6.88. The lowest BCUT2D eigenvalue weighted by Gasteiger charge is -2.32. The van der Waals surface area contributed by atoms with Gasteiger partial charge in [-0.15, -0.1) is 0 Å². The van der Waals surface area contributed by atoms with Crippen LogP contribution in [0.15, 0.2) is 22.7 Å². The van der Waals surface area contributed by atoms with Crippen LogP contribution in [0.2, 0.25) is 0 Å². The summed E-state index contributed by atoms with van der Waals surface area (Å²) in [6.07, 6.45) is 7.10. The Morgan fingerprint density at radius 1 is 1.15 bits per heavy atom. The smallest absolute Gasteiger partial charge is 0.128 e. The Bertz CT molecular complexity index is 518. The average Bonchev–Trinajstić information content (AvgIpc) is 3.10. The van der Waals surface area contributed by atoms with Gasteiger partial charge in [0.05, 0.1) is 0 Å². The molecule has 0 aromatic heterocycles. The molecule has 0 aliphatic heterocycles. The number of hydrogen-bond acceptors (Lipinski definition) is 1. The van der Waals surface area contributed by atoms with Crippen LogP contribution < -0.4 is 5.32 Å². The predicted octanol–water partition coefficient (Wildman–Crippen LogP) is 4.50. The van der Waals surface area contributed by atoms with E-state index in [1.807, 2.05) is 12.1 Å². The summed E-state index contributed by atoms with van der Waals surface area (Å²) in [4.78, 5) is 0. The fraction of sp³-hybridized carbons (Fsp3) is 0.647. The van der Waals surface area contributed by atoms with Crippen molar-refractivity contribution >= 4 is 15.9 Å². The normalized spacial score (nSPS) is 38.4. The fourth-order valence-electron chi connectivity index (χ4n) is 5.21. The molecule has 1 N–H and O–H groups in total. The van der Waals surface area contributed by atoms with Gasteiger partial charge in [0.15, 0.2) is 0 Å². The van der Waals surface area contributed by atoms with E-state index in [0.717, 1.165) is 33.7 Å². The number of hydrogen-bond donors (Lipinski definition) is 1. The van der Waals surface area contributed by atoms with Gasteiger partial charge in [0, 0.05) is 22.6 Å². The standard InChI is InChI=1S/C17H21BrFN/c18-12-5-4-10(16(19)8-12)9-20-17-7-11-6-15(17)14-3-1-2-13(11)14/h4-5,8,11,13-15,17,20H,1-3,6-7,9H2. The zero-order valence-corrected chi connectivity index (χ0v) is 13.2. The third kappa shape index (κ3) is 2.14. The summed E-state index contributed by atoms with van der Waals surface area (Å²) in [6, 6.07) is 6.00. The van der Waals surface area contributed by atoms with Crippen LogP contribution in [0.3, 0.4) is 0 Å². The molecule has 0 amide bonds. The molecule has 0 heterocycles. The molecule has 5 atom stereocenters. The Balaban J connectivity index is 1.41. The molecular weight excluding hydrogens is 317 g/mol. The first-order chi connectivity index (χ1) is 9.72. The van der Waals surface area contributed by atoms with E-state index in [9.17, 15) is 4.39 Å². The molecule has 20 heavy (non-hydrogen) atoms. The molecule has 1 aromatic rings. The van der Waals surface area contributed by atoms with E-state index in [1.54, 1.807) is 6.07 Å². The summed E-state index contributed by atoms with van der Waals surface area (Å²) in [6.45, 7) is 0.671. The highest BCUT2D eigenvalue weighted by Gasteiger charge is 2.53. The maximum atomic E-state index is 13.9. The van der Waals surface area contributed by atoms with E-state index < -0.39 is 0 Å². The quantitative estimate of drug-likeness (QED) is 0.856. The minimum absolute atomic E-state index is 0.103. The summed E-state index contributed by atoms with van der Waals surface area (Å²) >= 11 is 3.31. The molecule has 3 heteroatoms. The highest BCUT2D eigenvalue weighted by Crippen LogP contribution is 2.58. The van der Waals surface area contributed by atoms with Crippen molar-refractivity contribution in [3.63, 3.8) is 0 Å². The molecule has 5 unspecified atom stereocenters. The van der Waals surface area contributed by atoms with Gasteiger partial charge in [-0.3, -0.25) is 0 Å². The van der Waals surface area contributed by atoms with Crippen LogP contribution >= 0.6 is 15.9 Å². The molecule has 3 aliphatic rings. The van der Waals surface area contributed by atoms with Gasteiger partial charge in [0.1, 0.15) is 5.82 Å². The van der Waals surface area contributed by atoms with Gasteiger partial charge >= 0.3 is 0 Å². The Kier molecular flexibility index (Phi) is 3.38. The Morgan fingerprint density at radius 3 is 2.85 bits per heavy atom. The van der Waals surface area contributed by atoms with Gasteiger partial charge in [-0.25, -0.2) is 4.39 Å². The van der Waals surface area contributed by atoms with Crippen LogP contribution in [0.4, 0.5) is 4.39 Å². The Hall–Kier alpha value is -0.410. The summed E-state index contributed by atoms with van der Waals surface area (Å²) in [5, 5.41) is 3.65. The zero-order valence-electron chi connectivity index (χ0n) is 11.6. The molecule has 1 nitrogen and oxygen atoms in total. The van der Waals surface area contributed by atoms with Gasteiger partial charge in [-0.1, -0.05) is 28.4 Å². The molecule has 0 saturated heterocycles. The molecular formula is C17H21BrFN. The lowest BCUT2D eigenvalue weighted by Crippen LogP contribution is -2.39. The number of benzene rings is 1. The fourth-order valence-corrected chi connectivity index (χ4v) is 5.54. The van der Waals surface area contributed by atoms with E-state index in [0.29, 0.717) is 12.6 Å². The lowest BCUT2D eigenvalue weighted by atomic mass is 9.79. The van der Waals surface area contributed by atoms with Gasteiger partial charge < -0.3 is 5.32 Å². The lowest BCUT2D eigenvalue weighted by molar-refractivity contribution is 0.207. The van der Waals surface area contributed by atoms with Gasteiger partial charge in [-0.2, -0.15) is 0 Å². The highest BCUT2D eigenvalue weighted by atomic mass is 79.9. The molecule has 3 saturated carbocycles. The summed E-state index contributed by atoms with van der Waals surface area (Å²) in [5.41, 5.74) is 0.791. The van der Waals surface area contributed by atoms with Crippen LogP contribution in [-0.2, 0) is 6.54 Å². The van der Waals surface area contributed by atoms with E-state index in [1.165, 1.54) is 32.1 Å². The van der Waals surface area contributed by atoms with Crippen molar-refractivity contribution in [1.29, 1.82) is 0 Å². The van der Waals surface area contributed by atoms with Crippen LogP contribution in [0.1, 0.15) is 37.7 Å². The van der Waals surface area contributed by atoms with Crippen molar-refractivity contribution in [1.82, 2.24) is 5.32 Å². The third-order valence-corrected chi connectivity index (χ3v) is 6.49. The Labute approximate surface area is 128 Å². The Morgan fingerprint density at radius 2 is 2.00 bits per heavy atom. The molecule has 3 fully saturated rings. The molecule has 108 valence electrons. The molecule has 0 radical (unpaired) electrons. The van der Waals surface area contributed by atoms with Crippen LogP contribution in [0, 0.1) is 29.5 Å². The highest BCUT2D eigenvalue weighted by molar-refractivity contribution is 9.10. The van der Waals surface area contributed by atoms with Crippen molar-refractivity contribution in [2.75, 3.05) is 0 Å². The van der Waals surface area contributed by atoms with Crippen molar-refractivity contribution in [2.45, 2.75) is 44.7 Å². The van der Waals surface area contributed by atoms with Crippen LogP contribution in [-0.4, -0.2) is 6.04 Å². The van der Waals surface area contributed by atoms with E-state index in [-0.39, 0.29) is 5.82 Å². The molecule has 3 aliphatic carbocycles. The van der Waals surface area contributed by atoms with Gasteiger partial charge in [0.25, 0.3) is 0 Å². The van der Waals surface area contributed by atoms with Crippen molar-refractivity contribution in [2.24, 2.45) is 23.7 Å². The summed E-state index contributed by atoms with van der Waals surface area (Å²) in [7, 11) is 0. The van der Waals surface area contributed by atoms with E-state index in [4.69, 9.17) is 0 Å². The minimum atomic E-state index is -0.103. The van der Waals surface area contributed by atoms with Crippen molar-refractivity contribution in [3.05, 3.63) is 34.1 Å². The minimum Gasteiger partial charge on any atom is -0.310 e. The monoisotopic (exact) mass is 337 g/mol. The van der Waals surface area contributed by atoms with E-state index >= 15 is 0 Å². The first kappa shape index (κ1) is 13.3. The SMILES string of the molecule is Fc1cc(Br)ccc1CNC1CC2CC1C1CCCC21. The maximum absolute atomic E-state index is 13.9. The second kappa shape index (κ2) is 5.10. The first-order valence-corrected chi connectivity index (χ1v) is 8.69. The predicted molar refractivity (Wildman–Crippen MR) is 81.8 cm³/mol. The number of fused-ring (bicyclic) bond motifs is 5. The number of rotatable bonds is 3. The van der Waals surface area contributed by atoms with Crippen molar-refractivity contribution in [3.8, 4) is 0 Å². The first-order valence-electron chi connectivity index (χ1n) is 7.89. The van der Waals surface area contributed by atoms with Crippen molar-refractivity contribution < 1.29 is 4.39 Å². The topological polar surface area (TPSA) is 12.0 Å².